The molecule has 0 saturated carbocycles. The van der Waals surface area contributed by atoms with Crippen LogP contribution in [-0.2, 0) is 0 Å². The third-order valence-corrected chi connectivity index (χ3v) is 3.46. The summed E-state index contributed by atoms with van der Waals surface area (Å²) in [5.41, 5.74) is 13.0. The molecule has 0 bridgehead atoms. The van der Waals surface area contributed by atoms with Gasteiger partial charge in [0.05, 0.1) is 24.0 Å². The number of hydrogen-bond donors (Lipinski definition) is 3. The van der Waals surface area contributed by atoms with E-state index in [-0.39, 0.29) is 12.6 Å². The zero-order valence-electron chi connectivity index (χ0n) is 10.3. The highest BCUT2D eigenvalue weighted by atomic mass is 16.3. The van der Waals surface area contributed by atoms with E-state index in [0.29, 0.717) is 11.3 Å². The Kier molecular flexibility index (Phi) is 3.72. The summed E-state index contributed by atoms with van der Waals surface area (Å²) < 4.78 is 0. The van der Waals surface area contributed by atoms with Crippen LogP contribution >= 0.6 is 0 Å². The van der Waals surface area contributed by atoms with E-state index < -0.39 is 5.91 Å². The molecular weight excluding hydrogens is 230 g/mol. The Bertz CT molecular complexity index is 448. The molecule has 18 heavy (non-hydrogen) atoms. The Hall–Kier alpha value is -1.75. The van der Waals surface area contributed by atoms with Gasteiger partial charge in [0.2, 0.25) is 5.91 Å². The first-order chi connectivity index (χ1) is 8.63. The molecule has 1 saturated heterocycles. The Balaban J connectivity index is 2.29. The fourth-order valence-corrected chi connectivity index (χ4v) is 2.48. The highest BCUT2D eigenvalue weighted by Gasteiger charge is 2.23. The van der Waals surface area contributed by atoms with Gasteiger partial charge >= 0.3 is 0 Å². The quantitative estimate of drug-likeness (QED) is 0.688. The van der Waals surface area contributed by atoms with Gasteiger partial charge in [-0.1, -0.05) is 0 Å². The number of piperidine rings is 1. The maximum absolute atomic E-state index is 11.1. The largest absolute Gasteiger partial charge is 0.397 e. The number of hydrogen-bond acceptors (Lipinski definition) is 4. The molecule has 98 valence electrons. The molecule has 0 radical (unpaired) electrons. The van der Waals surface area contributed by atoms with Crippen LogP contribution in [0.5, 0.6) is 0 Å². The van der Waals surface area contributed by atoms with E-state index in [4.69, 9.17) is 11.5 Å². The van der Waals surface area contributed by atoms with E-state index in [1.165, 1.54) is 0 Å². The number of amides is 1. The number of rotatable bonds is 3. The molecule has 1 aromatic carbocycles. The third-order valence-electron chi connectivity index (χ3n) is 3.46. The predicted octanol–water partition coefficient (Wildman–Crippen LogP) is 0.719. The molecular formula is C13H19N3O2. The number of aliphatic hydroxyl groups excluding tert-OH is 1. The second kappa shape index (κ2) is 5.27. The van der Waals surface area contributed by atoms with Crippen molar-refractivity contribution in [1.29, 1.82) is 0 Å². The Morgan fingerprint density at radius 2 is 2.22 bits per heavy atom. The number of primary amides is 1. The van der Waals surface area contributed by atoms with Gasteiger partial charge in [0, 0.05) is 12.1 Å². The van der Waals surface area contributed by atoms with Gasteiger partial charge in [-0.05, 0) is 37.5 Å². The van der Waals surface area contributed by atoms with E-state index in [1.807, 2.05) is 6.07 Å². The van der Waals surface area contributed by atoms with E-state index in [1.54, 1.807) is 12.1 Å². The molecule has 1 heterocycles. The van der Waals surface area contributed by atoms with Gasteiger partial charge in [-0.3, -0.25) is 4.79 Å². The minimum absolute atomic E-state index is 0.112. The molecule has 5 N–H and O–H groups in total. The van der Waals surface area contributed by atoms with Crippen molar-refractivity contribution in [3.63, 3.8) is 0 Å². The van der Waals surface area contributed by atoms with Crippen molar-refractivity contribution in [1.82, 2.24) is 0 Å². The molecule has 1 atom stereocenters. The molecule has 1 fully saturated rings. The average Bonchev–Trinajstić information content (AvgIpc) is 2.38. The number of nitrogens with two attached hydrogens (primary N) is 2. The number of aliphatic hydroxyl groups is 1. The van der Waals surface area contributed by atoms with Crippen molar-refractivity contribution in [2.24, 2.45) is 5.73 Å². The van der Waals surface area contributed by atoms with Crippen LogP contribution in [0.3, 0.4) is 0 Å². The van der Waals surface area contributed by atoms with Gasteiger partial charge in [0.15, 0.2) is 0 Å². The third kappa shape index (κ3) is 2.41. The van der Waals surface area contributed by atoms with Crippen molar-refractivity contribution >= 4 is 17.3 Å². The fraction of sp³-hybridized carbons (Fsp3) is 0.462. The lowest BCUT2D eigenvalue weighted by molar-refractivity contribution is 0.100. The van der Waals surface area contributed by atoms with Crippen molar-refractivity contribution in [3.05, 3.63) is 23.8 Å². The molecule has 1 amide bonds. The van der Waals surface area contributed by atoms with Gasteiger partial charge < -0.3 is 21.5 Å². The number of benzene rings is 1. The average molecular weight is 249 g/mol. The SMILES string of the molecule is NC(=O)c1ccc(N2CCCCC2CO)c(N)c1. The molecule has 1 aliphatic heterocycles. The summed E-state index contributed by atoms with van der Waals surface area (Å²) in [4.78, 5) is 13.2. The lowest BCUT2D eigenvalue weighted by Gasteiger charge is -2.37. The van der Waals surface area contributed by atoms with Gasteiger partial charge in [0.1, 0.15) is 0 Å². The van der Waals surface area contributed by atoms with Gasteiger partial charge in [0.25, 0.3) is 0 Å². The summed E-state index contributed by atoms with van der Waals surface area (Å²) in [5, 5.41) is 9.40. The Morgan fingerprint density at radius 1 is 1.44 bits per heavy atom. The van der Waals surface area contributed by atoms with E-state index >= 15 is 0 Å². The second-order valence-corrected chi connectivity index (χ2v) is 4.66. The molecule has 2 rings (SSSR count). The Labute approximate surface area is 106 Å². The molecule has 5 heteroatoms. The van der Waals surface area contributed by atoms with Gasteiger partial charge in [-0.2, -0.15) is 0 Å². The number of nitrogen functional groups attached to an aromatic ring is 1. The smallest absolute Gasteiger partial charge is 0.248 e. The van der Waals surface area contributed by atoms with Crippen LogP contribution in [0.2, 0.25) is 0 Å². The monoisotopic (exact) mass is 249 g/mol. The maximum atomic E-state index is 11.1. The van der Waals surface area contributed by atoms with Crippen molar-refractivity contribution in [3.8, 4) is 0 Å². The summed E-state index contributed by atoms with van der Waals surface area (Å²) in [6, 6.07) is 5.20. The normalized spacial score (nSPS) is 19.8. The van der Waals surface area contributed by atoms with Crippen LogP contribution in [-0.4, -0.2) is 30.2 Å². The number of carbonyl (C=O) groups is 1. The Morgan fingerprint density at radius 3 is 2.83 bits per heavy atom. The summed E-state index contributed by atoms with van der Waals surface area (Å²) in [7, 11) is 0. The first-order valence-electron chi connectivity index (χ1n) is 6.20. The summed E-state index contributed by atoms with van der Waals surface area (Å²) in [6.07, 6.45) is 3.18. The molecule has 1 unspecified atom stereocenters. The lowest BCUT2D eigenvalue weighted by atomic mass is 10.0. The molecule has 1 aliphatic rings. The van der Waals surface area contributed by atoms with E-state index in [2.05, 4.69) is 4.90 Å². The highest BCUT2D eigenvalue weighted by molar-refractivity contribution is 5.94. The topological polar surface area (TPSA) is 92.6 Å². The van der Waals surface area contributed by atoms with Crippen LogP contribution in [0.15, 0.2) is 18.2 Å². The van der Waals surface area contributed by atoms with Crippen molar-refractivity contribution in [2.45, 2.75) is 25.3 Å². The van der Waals surface area contributed by atoms with Crippen LogP contribution in [0, 0.1) is 0 Å². The number of anilines is 2. The van der Waals surface area contributed by atoms with Gasteiger partial charge in [-0.25, -0.2) is 0 Å². The summed E-state index contributed by atoms with van der Waals surface area (Å²) in [6.45, 7) is 1.00. The van der Waals surface area contributed by atoms with Crippen molar-refractivity contribution in [2.75, 3.05) is 23.8 Å². The number of nitrogens with zero attached hydrogens (tertiary/aromatic N) is 1. The molecule has 0 spiro atoms. The molecule has 0 aliphatic carbocycles. The minimum Gasteiger partial charge on any atom is -0.397 e. The maximum Gasteiger partial charge on any atom is 0.248 e. The van der Waals surface area contributed by atoms with Crippen molar-refractivity contribution < 1.29 is 9.90 Å². The van der Waals surface area contributed by atoms with Crippen LogP contribution in [0.4, 0.5) is 11.4 Å². The zero-order valence-corrected chi connectivity index (χ0v) is 10.3. The van der Waals surface area contributed by atoms with E-state index in [0.717, 1.165) is 31.5 Å². The van der Waals surface area contributed by atoms with Crippen LogP contribution in [0.1, 0.15) is 29.6 Å². The highest BCUT2D eigenvalue weighted by Crippen LogP contribution is 2.30. The fourth-order valence-electron chi connectivity index (χ4n) is 2.48. The zero-order chi connectivity index (χ0) is 13.1. The first kappa shape index (κ1) is 12.7. The van der Waals surface area contributed by atoms with Gasteiger partial charge in [-0.15, -0.1) is 0 Å². The number of carbonyl (C=O) groups excluding carboxylic acids is 1. The first-order valence-corrected chi connectivity index (χ1v) is 6.20. The molecule has 5 nitrogen and oxygen atoms in total. The standard InChI is InChI=1S/C13H19N3O2/c14-11-7-9(13(15)18)4-5-12(11)16-6-2-1-3-10(16)8-17/h4-5,7,10,17H,1-3,6,8,14H2,(H2,15,18). The summed E-state index contributed by atoms with van der Waals surface area (Å²) in [5.74, 6) is -0.481. The predicted molar refractivity (Wildman–Crippen MR) is 71.4 cm³/mol. The van der Waals surface area contributed by atoms with Crippen LogP contribution < -0.4 is 16.4 Å². The van der Waals surface area contributed by atoms with Crippen LogP contribution in [0.25, 0.3) is 0 Å². The second-order valence-electron chi connectivity index (χ2n) is 4.66. The molecule has 0 aromatic heterocycles. The molecule has 1 aromatic rings. The lowest BCUT2D eigenvalue weighted by Crippen LogP contribution is -2.42. The van der Waals surface area contributed by atoms with E-state index in [9.17, 15) is 9.90 Å². The summed E-state index contributed by atoms with van der Waals surface area (Å²) >= 11 is 0. The minimum atomic E-state index is -0.481.